The van der Waals surface area contributed by atoms with Crippen LogP contribution in [-0.4, -0.2) is 39.5 Å². The molecule has 0 radical (unpaired) electrons. The van der Waals surface area contributed by atoms with Crippen LogP contribution >= 0.6 is 11.3 Å². The normalized spacial score (nSPS) is 13.1. The number of fused-ring (bicyclic) bond motifs is 2. The van der Waals surface area contributed by atoms with Crippen LogP contribution in [0.15, 0.2) is 6.20 Å². The number of nitrogens with two attached hydrogens (primary N) is 1. The molecule has 9 nitrogen and oxygen atoms in total. The van der Waals surface area contributed by atoms with Crippen molar-refractivity contribution in [2.24, 2.45) is 5.73 Å². The highest BCUT2D eigenvalue weighted by Gasteiger charge is 2.27. The number of anilines is 1. The zero-order chi connectivity index (χ0) is 23.0. The Balaban J connectivity index is 1.54. The summed E-state index contributed by atoms with van der Waals surface area (Å²) < 4.78 is 6.54. The Hall–Kier alpha value is -3.27. The Morgan fingerprint density at radius 1 is 1.25 bits per heavy atom. The lowest BCUT2D eigenvalue weighted by Crippen LogP contribution is -2.16. The molecular weight excluding hydrogens is 430 g/mol. The number of thiophene rings is 1. The minimum atomic E-state index is -0.585. The van der Waals surface area contributed by atoms with E-state index in [2.05, 4.69) is 15.4 Å². The molecule has 0 atom stereocenters. The molecule has 0 fully saturated rings. The number of rotatable bonds is 6. The number of nitrogens with one attached hydrogen (secondary N) is 1. The SMILES string of the molecule is COC(=O)c1c(NC(=O)CCc2c(C)nc3c(C(N)=O)cnn3c2C)sc2c1CCCC2. The average Bonchev–Trinajstić information content (AvgIpc) is 3.34. The van der Waals surface area contributed by atoms with Crippen molar-refractivity contribution in [2.45, 2.75) is 52.4 Å². The summed E-state index contributed by atoms with van der Waals surface area (Å²) in [6.07, 6.45) is 5.91. The molecule has 10 heteroatoms. The molecule has 0 saturated heterocycles. The summed E-state index contributed by atoms with van der Waals surface area (Å²) in [6, 6.07) is 0. The van der Waals surface area contributed by atoms with E-state index in [1.54, 1.807) is 4.52 Å². The van der Waals surface area contributed by atoms with Gasteiger partial charge in [-0.05, 0) is 57.1 Å². The number of hydrogen-bond acceptors (Lipinski definition) is 7. The predicted octanol–water partition coefficient (Wildman–Crippen LogP) is 2.74. The van der Waals surface area contributed by atoms with Gasteiger partial charge in [-0.1, -0.05) is 0 Å². The van der Waals surface area contributed by atoms with Gasteiger partial charge >= 0.3 is 5.97 Å². The van der Waals surface area contributed by atoms with Crippen LogP contribution in [0.4, 0.5) is 5.00 Å². The van der Waals surface area contributed by atoms with Crippen LogP contribution in [-0.2, 0) is 28.8 Å². The van der Waals surface area contributed by atoms with Crippen LogP contribution in [0.3, 0.4) is 0 Å². The molecule has 0 bridgehead atoms. The molecule has 1 aliphatic carbocycles. The van der Waals surface area contributed by atoms with E-state index in [1.807, 2.05) is 13.8 Å². The zero-order valence-corrected chi connectivity index (χ0v) is 19.1. The van der Waals surface area contributed by atoms with Crippen LogP contribution < -0.4 is 11.1 Å². The number of aromatic nitrogens is 3. The highest BCUT2D eigenvalue weighted by Crippen LogP contribution is 2.38. The second-order valence-corrected chi connectivity index (χ2v) is 8.98. The lowest BCUT2D eigenvalue weighted by molar-refractivity contribution is -0.116. The van der Waals surface area contributed by atoms with Gasteiger partial charge in [0, 0.05) is 22.7 Å². The van der Waals surface area contributed by atoms with E-state index in [-0.39, 0.29) is 17.9 Å². The molecular formula is C22H25N5O4S. The molecule has 1 aliphatic rings. The van der Waals surface area contributed by atoms with Crippen molar-refractivity contribution in [2.75, 3.05) is 12.4 Å². The van der Waals surface area contributed by atoms with E-state index in [0.717, 1.165) is 47.4 Å². The smallest absolute Gasteiger partial charge is 0.341 e. The van der Waals surface area contributed by atoms with Crippen molar-refractivity contribution in [3.05, 3.63) is 44.7 Å². The molecule has 0 unspecified atom stereocenters. The Kier molecular flexibility index (Phi) is 5.96. The van der Waals surface area contributed by atoms with Crippen LogP contribution in [0.2, 0.25) is 0 Å². The lowest BCUT2D eigenvalue weighted by Gasteiger charge is -2.12. The summed E-state index contributed by atoms with van der Waals surface area (Å²) >= 11 is 1.47. The van der Waals surface area contributed by atoms with Gasteiger partial charge in [-0.25, -0.2) is 14.3 Å². The minimum Gasteiger partial charge on any atom is -0.465 e. The number of carbonyl (C=O) groups excluding carboxylic acids is 3. The molecule has 3 aromatic rings. The third-order valence-corrected chi connectivity index (χ3v) is 7.10. The molecule has 0 saturated carbocycles. The van der Waals surface area contributed by atoms with Crippen molar-refractivity contribution in [1.82, 2.24) is 14.6 Å². The largest absolute Gasteiger partial charge is 0.465 e. The standard InChI is InChI=1S/C22H25N5O4S/c1-11-13(12(2)27-20(25-11)15(10-24-27)19(23)29)8-9-17(28)26-21-18(22(30)31-3)14-6-4-5-7-16(14)32-21/h10H,4-9H2,1-3H3,(H2,23,29)(H,26,28). The van der Waals surface area contributed by atoms with Gasteiger partial charge in [0.2, 0.25) is 5.91 Å². The quantitative estimate of drug-likeness (QED) is 0.550. The highest BCUT2D eigenvalue weighted by atomic mass is 32.1. The van der Waals surface area contributed by atoms with Gasteiger partial charge in [-0.2, -0.15) is 5.10 Å². The highest BCUT2D eigenvalue weighted by molar-refractivity contribution is 7.17. The maximum Gasteiger partial charge on any atom is 0.341 e. The minimum absolute atomic E-state index is 0.189. The summed E-state index contributed by atoms with van der Waals surface area (Å²) in [5.74, 6) is -1.19. The topological polar surface area (TPSA) is 129 Å². The number of hydrogen-bond donors (Lipinski definition) is 2. The average molecular weight is 456 g/mol. The molecule has 0 aliphatic heterocycles. The number of methoxy groups -OCH3 is 1. The van der Waals surface area contributed by atoms with E-state index in [4.69, 9.17) is 10.5 Å². The summed E-state index contributed by atoms with van der Waals surface area (Å²) in [5.41, 5.74) is 9.96. The van der Waals surface area contributed by atoms with Crippen molar-refractivity contribution < 1.29 is 19.1 Å². The van der Waals surface area contributed by atoms with Gasteiger partial charge in [0.15, 0.2) is 5.65 Å². The molecule has 32 heavy (non-hydrogen) atoms. The zero-order valence-electron chi connectivity index (χ0n) is 18.3. The van der Waals surface area contributed by atoms with Gasteiger partial charge in [0.05, 0.1) is 18.9 Å². The molecule has 4 rings (SSSR count). The maximum absolute atomic E-state index is 12.8. The maximum atomic E-state index is 12.8. The molecule has 3 N–H and O–H groups in total. The van der Waals surface area contributed by atoms with Gasteiger partial charge in [-0.15, -0.1) is 11.3 Å². The third kappa shape index (κ3) is 3.86. The third-order valence-electron chi connectivity index (χ3n) is 5.89. The summed E-state index contributed by atoms with van der Waals surface area (Å²) in [4.78, 5) is 42.4. The Morgan fingerprint density at radius 3 is 2.72 bits per heavy atom. The van der Waals surface area contributed by atoms with Crippen molar-refractivity contribution in [3.63, 3.8) is 0 Å². The summed E-state index contributed by atoms with van der Waals surface area (Å²) in [7, 11) is 1.36. The summed E-state index contributed by atoms with van der Waals surface area (Å²) in [6.45, 7) is 3.70. The number of primary amides is 1. The molecule has 2 amide bonds. The molecule has 0 aromatic carbocycles. The Morgan fingerprint density at radius 2 is 2.00 bits per heavy atom. The van der Waals surface area contributed by atoms with Crippen molar-refractivity contribution in [1.29, 1.82) is 0 Å². The van der Waals surface area contributed by atoms with E-state index in [0.29, 0.717) is 28.3 Å². The number of amides is 2. The van der Waals surface area contributed by atoms with Crippen LogP contribution in [0.1, 0.15) is 67.4 Å². The fourth-order valence-corrected chi connectivity index (χ4v) is 5.54. The van der Waals surface area contributed by atoms with E-state index < -0.39 is 11.9 Å². The molecule has 0 spiro atoms. The van der Waals surface area contributed by atoms with Gasteiger partial charge in [-0.3, -0.25) is 9.59 Å². The second kappa shape index (κ2) is 8.70. The first-order valence-electron chi connectivity index (χ1n) is 10.5. The van der Waals surface area contributed by atoms with Crippen LogP contribution in [0, 0.1) is 13.8 Å². The molecule has 3 aromatic heterocycles. The predicted molar refractivity (Wildman–Crippen MR) is 120 cm³/mol. The molecule has 3 heterocycles. The van der Waals surface area contributed by atoms with Gasteiger partial charge < -0.3 is 15.8 Å². The number of carbonyl (C=O) groups is 3. The van der Waals surface area contributed by atoms with Gasteiger partial charge in [0.25, 0.3) is 5.91 Å². The number of aryl methyl sites for hydroxylation is 3. The van der Waals surface area contributed by atoms with E-state index in [1.165, 1.54) is 24.6 Å². The van der Waals surface area contributed by atoms with Crippen molar-refractivity contribution in [3.8, 4) is 0 Å². The van der Waals surface area contributed by atoms with Crippen LogP contribution in [0.25, 0.3) is 5.65 Å². The van der Waals surface area contributed by atoms with E-state index >= 15 is 0 Å². The Labute approximate surface area is 189 Å². The first-order valence-corrected chi connectivity index (χ1v) is 11.3. The Bertz CT molecular complexity index is 1240. The lowest BCUT2D eigenvalue weighted by atomic mass is 9.95. The number of esters is 1. The van der Waals surface area contributed by atoms with Gasteiger partial charge in [0.1, 0.15) is 10.6 Å². The second-order valence-electron chi connectivity index (χ2n) is 7.87. The monoisotopic (exact) mass is 455 g/mol. The van der Waals surface area contributed by atoms with Crippen molar-refractivity contribution >= 4 is 39.8 Å². The molecule has 168 valence electrons. The summed E-state index contributed by atoms with van der Waals surface area (Å²) in [5, 5.41) is 7.70. The fourth-order valence-electron chi connectivity index (χ4n) is 4.25. The van der Waals surface area contributed by atoms with Crippen LogP contribution in [0.5, 0.6) is 0 Å². The fraction of sp³-hybridized carbons (Fsp3) is 0.409. The first-order chi connectivity index (χ1) is 15.3. The first kappa shape index (κ1) is 21.9. The number of ether oxygens (including phenoxy) is 1. The van der Waals surface area contributed by atoms with E-state index in [9.17, 15) is 14.4 Å². The number of nitrogens with zero attached hydrogens (tertiary/aromatic N) is 3.